The molecule has 3 heterocycles. The van der Waals surface area contributed by atoms with E-state index in [1.807, 2.05) is 0 Å². The van der Waals surface area contributed by atoms with Gasteiger partial charge in [0.1, 0.15) is 11.6 Å². The van der Waals surface area contributed by atoms with Gasteiger partial charge < -0.3 is 9.88 Å². The molecule has 5 nitrogen and oxygen atoms in total. The lowest BCUT2D eigenvalue weighted by Gasteiger charge is -2.23. The van der Waals surface area contributed by atoms with Crippen molar-refractivity contribution < 1.29 is 9.18 Å². The van der Waals surface area contributed by atoms with E-state index in [9.17, 15) is 9.18 Å². The number of hydrogen-bond acceptors (Lipinski definition) is 3. The zero-order valence-corrected chi connectivity index (χ0v) is 13.4. The van der Waals surface area contributed by atoms with Crippen LogP contribution in [0.2, 0.25) is 5.02 Å². The maximum Gasteiger partial charge on any atom is 0.256 e. The minimum Gasteiger partial charge on any atom is -0.340 e. The number of rotatable bonds is 2. The van der Waals surface area contributed by atoms with Gasteiger partial charge in [-0.1, -0.05) is 11.6 Å². The molecule has 1 saturated heterocycles. The highest BCUT2D eigenvalue weighted by Gasteiger charge is 2.32. The number of aromatic nitrogens is 3. The van der Waals surface area contributed by atoms with E-state index in [0.717, 1.165) is 12.8 Å². The normalized spacial score (nSPS) is 17.6. The number of amides is 1. The second kappa shape index (κ2) is 5.87. The molecule has 7 heteroatoms. The van der Waals surface area contributed by atoms with Gasteiger partial charge in [-0.3, -0.25) is 9.78 Å². The first-order valence-electron chi connectivity index (χ1n) is 7.68. The summed E-state index contributed by atoms with van der Waals surface area (Å²) < 4.78 is 13.4. The molecule has 24 heavy (non-hydrogen) atoms. The third kappa shape index (κ3) is 2.63. The molecule has 0 unspecified atom stereocenters. The Kier molecular flexibility index (Phi) is 3.69. The summed E-state index contributed by atoms with van der Waals surface area (Å²) in [6.07, 6.45) is 4.70. The molecule has 122 valence electrons. The Morgan fingerprint density at radius 1 is 1.33 bits per heavy atom. The van der Waals surface area contributed by atoms with E-state index in [4.69, 9.17) is 11.6 Å². The van der Waals surface area contributed by atoms with Gasteiger partial charge in [-0.15, -0.1) is 0 Å². The summed E-state index contributed by atoms with van der Waals surface area (Å²) in [7, 11) is 0. The molecule has 0 bridgehead atoms. The van der Waals surface area contributed by atoms with Crippen molar-refractivity contribution in [1.82, 2.24) is 19.9 Å². The third-order valence-electron chi connectivity index (χ3n) is 4.24. The molecule has 4 rings (SSSR count). The lowest BCUT2D eigenvalue weighted by Crippen LogP contribution is -2.31. The van der Waals surface area contributed by atoms with Gasteiger partial charge in [0.15, 0.2) is 0 Å². The van der Waals surface area contributed by atoms with Gasteiger partial charge in [0.2, 0.25) is 0 Å². The molecule has 1 aromatic carbocycles. The van der Waals surface area contributed by atoms with Crippen LogP contribution in [-0.2, 0) is 0 Å². The molecule has 0 saturated carbocycles. The number of halogens is 2. The molecule has 1 fully saturated rings. The Morgan fingerprint density at radius 3 is 3.04 bits per heavy atom. The van der Waals surface area contributed by atoms with Crippen LogP contribution in [0.4, 0.5) is 4.39 Å². The van der Waals surface area contributed by atoms with Crippen molar-refractivity contribution in [2.24, 2.45) is 0 Å². The van der Waals surface area contributed by atoms with Crippen LogP contribution >= 0.6 is 11.6 Å². The summed E-state index contributed by atoms with van der Waals surface area (Å²) in [4.78, 5) is 26.2. The van der Waals surface area contributed by atoms with Gasteiger partial charge in [0.25, 0.3) is 5.91 Å². The molecule has 1 atom stereocenters. The van der Waals surface area contributed by atoms with Gasteiger partial charge in [-0.05, 0) is 37.1 Å². The number of imidazole rings is 1. The number of aromatic amines is 1. The SMILES string of the molecule is O=C(c1cncc(Cl)c1)N1CCC[C@@H]1c1nc2ccc(F)cc2[nH]1. The van der Waals surface area contributed by atoms with E-state index in [1.54, 1.807) is 17.0 Å². The summed E-state index contributed by atoms with van der Waals surface area (Å²) >= 11 is 5.93. The van der Waals surface area contributed by atoms with Crippen LogP contribution in [0.15, 0.2) is 36.7 Å². The van der Waals surface area contributed by atoms with Gasteiger partial charge in [-0.25, -0.2) is 9.37 Å². The van der Waals surface area contributed by atoms with Crippen LogP contribution < -0.4 is 0 Å². The quantitative estimate of drug-likeness (QED) is 0.770. The number of fused-ring (bicyclic) bond motifs is 1. The van der Waals surface area contributed by atoms with Crippen molar-refractivity contribution in [3.05, 3.63) is 58.9 Å². The third-order valence-corrected chi connectivity index (χ3v) is 4.45. The van der Waals surface area contributed by atoms with E-state index < -0.39 is 0 Å². The van der Waals surface area contributed by atoms with E-state index >= 15 is 0 Å². The number of likely N-dealkylation sites (tertiary alicyclic amines) is 1. The maximum atomic E-state index is 13.4. The average molecular weight is 345 g/mol. The second-order valence-corrected chi connectivity index (χ2v) is 6.27. The maximum absolute atomic E-state index is 13.4. The van der Waals surface area contributed by atoms with Gasteiger partial charge in [-0.2, -0.15) is 0 Å². The lowest BCUT2D eigenvalue weighted by molar-refractivity contribution is 0.0730. The summed E-state index contributed by atoms with van der Waals surface area (Å²) in [5.74, 6) is 0.234. The van der Waals surface area contributed by atoms with Crippen LogP contribution in [-0.4, -0.2) is 32.3 Å². The number of carbonyl (C=O) groups excluding carboxylic acids is 1. The Balaban J connectivity index is 1.67. The topological polar surface area (TPSA) is 61.9 Å². The standard InChI is InChI=1S/C17H14ClFN4O/c18-11-6-10(8-20-9-11)17(24)23-5-1-2-15(23)16-21-13-4-3-12(19)7-14(13)22-16/h3-4,6-9,15H,1-2,5H2,(H,21,22)/t15-/m1/s1. The van der Waals surface area contributed by atoms with Gasteiger partial charge in [0.05, 0.1) is 27.7 Å². The molecule has 0 aliphatic carbocycles. The summed E-state index contributed by atoms with van der Waals surface area (Å²) in [5, 5.41) is 0.427. The number of H-pyrrole nitrogens is 1. The van der Waals surface area contributed by atoms with Crippen LogP contribution in [0.25, 0.3) is 11.0 Å². The fourth-order valence-electron chi connectivity index (χ4n) is 3.15. The number of benzene rings is 1. The van der Waals surface area contributed by atoms with Gasteiger partial charge >= 0.3 is 0 Å². The first-order valence-corrected chi connectivity index (χ1v) is 8.06. The van der Waals surface area contributed by atoms with Crippen molar-refractivity contribution in [3.8, 4) is 0 Å². The van der Waals surface area contributed by atoms with Crippen LogP contribution in [0.5, 0.6) is 0 Å². The summed E-state index contributed by atoms with van der Waals surface area (Å²) in [6.45, 7) is 0.640. The second-order valence-electron chi connectivity index (χ2n) is 5.83. The molecule has 1 N–H and O–H groups in total. The van der Waals surface area contributed by atoms with Crippen molar-refractivity contribution in [3.63, 3.8) is 0 Å². The van der Waals surface area contributed by atoms with Crippen molar-refractivity contribution in [1.29, 1.82) is 0 Å². The molecule has 2 aromatic heterocycles. The average Bonchev–Trinajstić information content (AvgIpc) is 3.19. The Bertz CT molecular complexity index is 926. The number of carbonyl (C=O) groups is 1. The van der Waals surface area contributed by atoms with Gasteiger partial charge in [0, 0.05) is 18.9 Å². The fourth-order valence-corrected chi connectivity index (χ4v) is 3.32. The van der Waals surface area contributed by atoms with Crippen LogP contribution in [0.1, 0.15) is 35.1 Å². The highest BCUT2D eigenvalue weighted by molar-refractivity contribution is 6.30. The largest absolute Gasteiger partial charge is 0.340 e. The molecule has 1 aliphatic rings. The summed E-state index contributed by atoms with van der Waals surface area (Å²) in [6, 6.07) is 5.87. The predicted octanol–water partition coefficient (Wildman–Crippen LogP) is 3.73. The highest BCUT2D eigenvalue weighted by Crippen LogP contribution is 2.32. The first kappa shape index (κ1) is 15.1. The number of nitrogens with one attached hydrogen (secondary N) is 1. The minimum absolute atomic E-state index is 0.126. The van der Waals surface area contributed by atoms with E-state index in [2.05, 4.69) is 15.0 Å². The van der Waals surface area contributed by atoms with E-state index in [1.165, 1.54) is 24.5 Å². The fraction of sp³-hybridized carbons (Fsp3) is 0.235. The molecule has 1 aliphatic heterocycles. The monoisotopic (exact) mass is 344 g/mol. The number of hydrogen-bond donors (Lipinski definition) is 1. The Hall–Kier alpha value is -2.47. The molecule has 0 radical (unpaired) electrons. The lowest BCUT2D eigenvalue weighted by atomic mass is 10.2. The number of pyridine rings is 1. The zero-order valence-electron chi connectivity index (χ0n) is 12.7. The van der Waals surface area contributed by atoms with Crippen molar-refractivity contribution >= 4 is 28.5 Å². The Labute approximate surface area is 142 Å². The smallest absolute Gasteiger partial charge is 0.256 e. The first-order chi connectivity index (χ1) is 11.6. The van der Waals surface area contributed by atoms with E-state index in [-0.39, 0.29) is 17.8 Å². The molecule has 3 aromatic rings. The van der Waals surface area contributed by atoms with E-state index in [0.29, 0.717) is 34.0 Å². The molecular formula is C17H14ClFN4O. The molecular weight excluding hydrogens is 331 g/mol. The Morgan fingerprint density at radius 2 is 2.21 bits per heavy atom. The molecule has 0 spiro atoms. The number of nitrogens with zero attached hydrogens (tertiary/aromatic N) is 3. The zero-order chi connectivity index (χ0) is 16.7. The van der Waals surface area contributed by atoms with Crippen LogP contribution in [0, 0.1) is 5.82 Å². The molecule has 1 amide bonds. The predicted molar refractivity (Wildman–Crippen MR) is 88.3 cm³/mol. The summed E-state index contributed by atoms with van der Waals surface area (Å²) in [5.41, 5.74) is 1.78. The van der Waals surface area contributed by atoms with Crippen molar-refractivity contribution in [2.45, 2.75) is 18.9 Å². The highest BCUT2D eigenvalue weighted by atomic mass is 35.5. The van der Waals surface area contributed by atoms with Crippen molar-refractivity contribution in [2.75, 3.05) is 6.54 Å². The van der Waals surface area contributed by atoms with Crippen LogP contribution in [0.3, 0.4) is 0 Å². The minimum atomic E-state index is -0.318.